The molecule has 0 aliphatic heterocycles. The van der Waals surface area contributed by atoms with Crippen LogP contribution in [0.3, 0.4) is 0 Å². The van der Waals surface area contributed by atoms with Crippen LogP contribution in [0.15, 0.2) is 42.5 Å². The minimum atomic E-state index is -0.961. The van der Waals surface area contributed by atoms with Crippen LogP contribution in [0.25, 0.3) is 0 Å². The molecule has 0 aliphatic rings. The van der Waals surface area contributed by atoms with Gasteiger partial charge in [0.25, 0.3) is 0 Å². The summed E-state index contributed by atoms with van der Waals surface area (Å²) >= 11 is 5.68. The summed E-state index contributed by atoms with van der Waals surface area (Å²) in [5.41, 5.74) is 1.86. The fraction of sp³-hybridized carbons (Fsp3) is 0.0714. The molecule has 98 valence electrons. The van der Waals surface area contributed by atoms with Crippen molar-refractivity contribution in [1.82, 2.24) is 0 Å². The first-order chi connectivity index (χ1) is 9.06. The second-order valence-corrected chi connectivity index (χ2v) is 4.39. The summed E-state index contributed by atoms with van der Waals surface area (Å²) in [6.45, 7) is 0.479. The van der Waals surface area contributed by atoms with Gasteiger partial charge in [0.05, 0.1) is 10.6 Å². The zero-order valence-electron chi connectivity index (χ0n) is 9.86. The normalized spacial score (nSPS) is 10.2. The molecule has 0 spiro atoms. The van der Waals surface area contributed by atoms with Crippen LogP contribution in [0, 0.1) is 5.82 Å². The van der Waals surface area contributed by atoms with Crippen molar-refractivity contribution in [3.8, 4) is 0 Å². The van der Waals surface area contributed by atoms with E-state index in [0.29, 0.717) is 6.54 Å². The minimum Gasteiger partial charge on any atom is -0.478 e. The molecule has 0 saturated heterocycles. The Morgan fingerprint density at radius 1 is 1.21 bits per heavy atom. The third-order valence-corrected chi connectivity index (χ3v) is 2.90. The SMILES string of the molecule is O=C(O)c1ccc(NCc2ccc(F)c(Cl)c2)cc1. The van der Waals surface area contributed by atoms with Crippen molar-refractivity contribution in [2.75, 3.05) is 5.32 Å². The Bertz CT molecular complexity index is 599. The number of hydrogen-bond acceptors (Lipinski definition) is 2. The molecule has 19 heavy (non-hydrogen) atoms. The van der Waals surface area contributed by atoms with Crippen LogP contribution in [-0.2, 0) is 6.54 Å². The summed E-state index contributed by atoms with van der Waals surface area (Å²) in [7, 11) is 0. The second kappa shape index (κ2) is 5.71. The molecule has 3 nitrogen and oxygen atoms in total. The number of nitrogens with one attached hydrogen (secondary N) is 1. The average molecular weight is 280 g/mol. The summed E-state index contributed by atoms with van der Waals surface area (Å²) in [6.07, 6.45) is 0. The Morgan fingerprint density at radius 3 is 2.47 bits per heavy atom. The number of carboxylic acids is 1. The molecule has 0 radical (unpaired) electrons. The molecule has 2 rings (SSSR count). The lowest BCUT2D eigenvalue weighted by atomic mass is 10.2. The predicted molar refractivity (Wildman–Crippen MR) is 72.1 cm³/mol. The average Bonchev–Trinajstić information content (AvgIpc) is 2.40. The molecule has 5 heteroatoms. The van der Waals surface area contributed by atoms with Gasteiger partial charge in [0.2, 0.25) is 0 Å². The second-order valence-electron chi connectivity index (χ2n) is 3.98. The molecule has 0 bridgehead atoms. The molecular formula is C14H11ClFNO2. The molecule has 2 aromatic carbocycles. The molecule has 2 N–H and O–H groups in total. The van der Waals surface area contributed by atoms with Crippen LogP contribution < -0.4 is 5.32 Å². The Kier molecular flexibility index (Phi) is 4.02. The zero-order valence-corrected chi connectivity index (χ0v) is 10.6. The number of halogens is 2. The molecule has 0 unspecified atom stereocenters. The maximum Gasteiger partial charge on any atom is 0.335 e. The molecule has 0 aliphatic carbocycles. The van der Waals surface area contributed by atoms with Gasteiger partial charge in [-0.15, -0.1) is 0 Å². The monoisotopic (exact) mass is 279 g/mol. The quantitative estimate of drug-likeness (QED) is 0.895. The van der Waals surface area contributed by atoms with Gasteiger partial charge < -0.3 is 10.4 Å². The number of carboxylic acid groups (broad SMARTS) is 1. The third kappa shape index (κ3) is 3.45. The summed E-state index contributed by atoms with van der Waals surface area (Å²) in [5, 5.41) is 12.0. The molecular weight excluding hydrogens is 269 g/mol. The van der Waals surface area contributed by atoms with E-state index in [1.807, 2.05) is 0 Å². The van der Waals surface area contributed by atoms with E-state index in [1.165, 1.54) is 18.2 Å². The standard InChI is InChI=1S/C14H11ClFNO2/c15-12-7-9(1-6-13(12)16)8-17-11-4-2-10(3-5-11)14(18)19/h1-7,17H,8H2,(H,18,19). The molecule has 0 amide bonds. The Hall–Kier alpha value is -2.07. The van der Waals surface area contributed by atoms with Gasteiger partial charge in [0.1, 0.15) is 5.82 Å². The smallest absolute Gasteiger partial charge is 0.335 e. The first kappa shape index (κ1) is 13.4. The summed E-state index contributed by atoms with van der Waals surface area (Å²) in [4.78, 5) is 10.7. The number of benzene rings is 2. The van der Waals surface area contributed by atoms with Crippen molar-refractivity contribution in [3.63, 3.8) is 0 Å². The van der Waals surface area contributed by atoms with E-state index in [0.717, 1.165) is 11.3 Å². The molecule has 0 atom stereocenters. The van der Waals surface area contributed by atoms with Crippen molar-refractivity contribution in [2.45, 2.75) is 6.54 Å². The van der Waals surface area contributed by atoms with Gasteiger partial charge in [0, 0.05) is 12.2 Å². The highest BCUT2D eigenvalue weighted by molar-refractivity contribution is 6.30. The Morgan fingerprint density at radius 2 is 1.89 bits per heavy atom. The fourth-order valence-corrected chi connectivity index (χ4v) is 1.79. The maximum atomic E-state index is 13.0. The van der Waals surface area contributed by atoms with Gasteiger partial charge in [-0.05, 0) is 42.0 Å². The topological polar surface area (TPSA) is 49.3 Å². The van der Waals surface area contributed by atoms with Crippen molar-refractivity contribution >= 4 is 23.3 Å². The Balaban J connectivity index is 2.01. The molecule has 0 heterocycles. The number of anilines is 1. The van der Waals surface area contributed by atoms with Crippen molar-refractivity contribution in [2.24, 2.45) is 0 Å². The Labute approximate surface area is 114 Å². The van der Waals surface area contributed by atoms with Crippen LogP contribution in [0.5, 0.6) is 0 Å². The van der Waals surface area contributed by atoms with Gasteiger partial charge in [0.15, 0.2) is 0 Å². The molecule has 0 saturated carbocycles. The van der Waals surface area contributed by atoms with E-state index in [1.54, 1.807) is 24.3 Å². The predicted octanol–water partition coefficient (Wildman–Crippen LogP) is 3.79. The van der Waals surface area contributed by atoms with Crippen LogP contribution in [0.1, 0.15) is 15.9 Å². The van der Waals surface area contributed by atoms with E-state index in [4.69, 9.17) is 16.7 Å². The van der Waals surface area contributed by atoms with Crippen LogP contribution in [-0.4, -0.2) is 11.1 Å². The lowest BCUT2D eigenvalue weighted by Crippen LogP contribution is -2.01. The van der Waals surface area contributed by atoms with Crippen LogP contribution in [0.4, 0.5) is 10.1 Å². The number of aromatic carboxylic acids is 1. The number of carbonyl (C=O) groups is 1. The zero-order chi connectivity index (χ0) is 13.8. The maximum absolute atomic E-state index is 13.0. The van der Waals surface area contributed by atoms with Crippen LogP contribution >= 0.6 is 11.6 Å². The van der Waals surface area contributed by atoms with Gasteiger partial charge in [-0.25, -0.2) is 9.18 Å². The van der Waals surface area contributed by atoms with Gasteiger partial charge in [-0.1, -0.05) is 17.7 Å². The molecule has 2 aromatic rings. The van der Waals surface area contributed by atoms with Gasteiger partial charge in [-0.3, -0.25) is 0 Å². The number of hydrogen-bond donors (Lipinski definition) is 2. The minimum absolute atomic E-state index is 0.0838. The van der Waals surface area contributed by atoms with E-state index in [-0.39, 0.29) is 10.6 Å². The van der Waals surface area contributed by atoms with Crippen molar-refractivity contribution in [3.05, 3.63) is 64.4 Å². The van der Waals surface area contributed by atoms with Crippen LogP contribution in [0.2, 0.25) is 5.02 Å². The van der Waals surface area contributed by atoms with Crippen molar-refractivity contribution in [1.29, 1.82) is 0 Å². The fourth-order valence-electron chi connectivity index (χ4n) is 1.58. The van der Waals surface area contributed by atoms with E-state index >= 15 is 0 Å². The third-order valence-electron chi connectivity index (χ3n) is 2.61. The largest absolute Gasteiger partial charge is 0.478 e. The molecule has 0 fully saturated rings. The highest BCUT2D eigenvalue weighted by atomic mass is 35.5. The number of rotatable bonds is 4. The van der Waals surface area contributed by atoms with Gasteiger partial charge in [-0.2, -0.15) is 0 Å². The lowest BCUT2D eigenvalue weighted by Gasteiger charge is -2.07. The highest BCUT2D eigenvalue weighted by Gasteiger charge is 2.03. The lowest BCUT2D eigenvalue weighted by molar-refractivity contribution is 0.0697. The van der Waals surface area contributed by atoms with Gasteiger partial charge >= 0.3 is 5.97 Å². The summed E-state index contributed by atoms with van der Waals surface area (Å²) in [6, 6.07) is 10.9. The molecule has 0 aromatic heterocycles. The van der Waals surface area contributed by atoms with Crippen molar-refractivity contribution < 1.29 is 14.3 Å². The highest BCUT2D eigenvalue weighted by Crippen LogP contribution is 2.17. The summed E-state index contributed by atoms with van der Waals surface area (Å²) < 4.78 is 13.0. The van der Waals surface area contributed by atoms with E-state index in [9.17, 15) is 9.18 Å². The first-order valence-electron chi connectivity index (χ1n) is 5.57. The first-order valence-corrected chi connectivity index (χ1v) is 5.95. The summed E-state index contributed by atoms with van der Waals surface area (Å²) in [5.74, 6) is -1.41. The van der Waals surface area contributed by atoms with E-state index < -0.39 is 11.8 Å². The van der Waals surface area contributed by atoms with E-state index in [2.05, 4.69) is 5.32 Å².